The number of methoxy groups -OCH3 is 1. The molecule has 2 rings (SSSR count). The minimum Gasteiger partial charge on any atom is -0.459 e. The van der Waals surface area contributed by atoms with Crippen LogP contribution >= 0.6 is 0 Å². The zero-order valence-electron chi connectivity index (χ0n) is 40.4. The highest BCUT2D eigenvalue weighted by atomic mass is 19.3. The molecule has 15 nitrogen and oxygen atoms in total. The van der Waals surface area contributed by atoms with Gasteiger partial charge in [-0.25, -0.2) is 9.68 Å². The first-order chi connectivity index (χ1) is 29.4. The molecule has 0 aliphatic carbocycles. The molecule has 0 heterocycles. The van der Waals surface area contributed by atoms with Crippen molar-refractivity contribution in [1.82, 2.24) is 4.90 Å². The fraction of sp³-hybridized carbons (Fsp3) is 0.702. The molecule has 63 heavy (non-hydrogen) atoms. The number of benzene rings is 2. The van der Waals surface area contributed by atoms with Crippen molar-refractivity contribution in [3.63, 3.8) is 0 Å². The van der Waals surface area contributed by atoms with Gasteiger partial charge in [0.1, 0.15) is 24.9 Å². The number of aliphatic hydroxyl groups is 4. The van der Waals surface area contributed by atoms with Crippen LogP contribution in [0.5, 0.6) is 5.75 Å². The Balaban J connectivity index is 0.00000932. The molecule has 16 heteroatoms. The number of hydrogen-bond acceptors (Lipinski definition) is 14. The van der Waals surface area contributed by atoms with Crippen molar-refractivity contribution in [2.45, 2.75) is 181 Å². The monoisotopic (exact) mass is 902 g/mol. The van der Waals surface area contributed by atoms with E-state index in [9.17, 15) is 39.8 Å². The predicted octanol–water partition coefficient (Wildman–Crippen LogP) is 6.99. The van der Waals surface area contributed by atoms with Gasteiger partial charge >= 0.3 is 5.97 Å². The van der Waals surface area contributed by atoms with Gasteiger partial charge in [0.2, 0.25) is 12.0 Å². The molecule has 5 unspecified atom stereocenters. The molecule has 0 aliphatic heterocycles. The van der Waals surface area contributed by atoms with Crippen LogP contribution in [0, 0.1) is 5.92 Å². The summed E-state index contributed by atoms with van der Waals surface area (Å²) in [6.45, 7) is 22.6. The second-order valence-electron chi connectivity index (χ2n) is 17.6. The molecule has 0 radical (unpaired) electrons. The first-order valence-electron chi connectivity index (χ1n) is 21.7. The summed E-state index contributed by atoms with van der Waals surface area (Å²) >= 11 is 0. The molecule has 0 spiro atoms. The van der Waals surface area contributed by atoms with Gasteiger partial charge in [0.15, 0.2) is 5.75 Å². The van der Waals surface area contributed by atoms with E-state index in [0.29, 0.717) is 12.0 Å². The number of amides is 1. The molecular weight excluding hydrogens is 822 g/mol. The highest BCUT2D eigenvalue weighted by Gasteiger charge is 2.48. The molecule has 0 aliphatic rings. The van der Waals surface area contributed by atoms with Gasteiger partial charge in [-0.05, 0) is 105 Å². The Kier molecular flexibility index (Phi) is 27.1. The Hall–Kier alpha value is -3.29. The van der Waals surface area contributed by atoms with E-state index in [1.807, 2.05) is 71.9 Å². The van der Waals surface area contributed by atoms with Crippen LogP contribution in [-0.2, 0) is 51.3 Å². The number of carbonyl (C=O) groups is 2. The van der Waals surface area contributed by atoms with E-state index in [1.165, 1.54) is 36.3 Å². The molecule has 0 saturated heterocycles. The Morgan fingerprint density at radius 2 is 1.35 bits per heavy atom. The number of nitrogens with zero attached hydrogens (tertiary/aromatic N) is 1. The summed E-state index contributed by atoms with van der Waals surface area (Å²) < 4.78 is 41.9. The maximum absolute atomic E-state index is 14.2. The lowest BCUT2D eigenvalue weighted by atomic mass is 9.81. The molecule has 1 amide bonds. The summed E-state index contributed by atoms with van der Waals surface area (Å²) in [5.74, 6) is -3.00. The third kappa shape index (κ3) is 21.0. The molecule has 5 N–H and O–H groups in total. The number of ether oxygens (including phenoxy) is 5. The lowest BCUT2D eigenvalue weighted by molar-refractivity contribution is -0.313. The lowest BCUT2D eigenvalue weighted by Crippen LogP contribution is -2.57. The predicted molar refractivity (Wildman–Crippen MR) is 238 cm³/mol. The van der Waals surface area contributed by atoms with Gasteiger partial charge in [0.05, 0.1) is 53.7 Å². The Bertz CT molecular complexity index is 1540. The van der Waals surface area contributed by atoms with Crippen LogP contribution in [-0.4, -0.2) is 129 Å². The highest BCUT2D eigenvalue weighted by molar-refractivity contribution is 5.80. The average Bonchev–Trinajstić information content (AvgIpc) is 3.24. The van der Waals surface area contributed by atoms with Crippen LogP contribution < -0.4 is 4.94 Å². The zero-order valence-corrected chi connectivity index (χ0v) is 40.4. The quantitative estimate of drug-likeness (QED) is 0.0367. The Labute approximate surface area is 375 Å². The van der Waals surface area contributed by atoms with Crippen molar-refractivity contribution in [3.05, 3.63) is 65.7 Å². The van der Waals surface area contributed by atoms with Gasteiger partial charge in [-0.2, -0.15) is 0 Å². The van der Waals surface area contributed by atoms with E-state index in [1.54, 1.807) is 55.5 Å². The number of carbonyl (C=O) groups excluding carboxylic acids is 2. The van der Waals surface area contributed by atoms with Gasteiger partial charge in [-0.3, -0.25) is 15.0 Å². The van der Waals surface area contributed by atoms with Crippen LogP contribution in [0.4, 0.5) is 4.53 Å². The van der Waals surface area contributed by atoms with Crippen LogP contribution in [0.25, 0.3) is 0 Å². The fourth-order valence-electron chi connectivity index (χ4n) is 6.41. The zero-order chi connectivity index (χ0) is 48.8. The van der Waals surface area contributed by atoms with Gasteiger partial charge < -0.3 is 49.0 Å². The molecule has 0 bridgehead atoms. The third-order valence-electron chi connectivity index (χ3n) is 10.1. The van der Waals surface area contributed by atoms with Gasteiger partial charge in [-0.15, -0.1) is 0 Å². The summed E-state index contributed by atoms with van der Waals surface area (Å²) in [6.07, 6.45) is -8.84. The summed E-state index contributed by atoms with van der Waals surface area (Å²) in [7, 11) is 3.10. The molecule has 2 aromatic rings. The minimum atomic E-state index is -1.81. The lowest BCUT2D eigenvalue weighted by Gasteiger charge is -2.42. The molecule has 0 fully saturated rings. The van der Waals surface area contributed by atoms with Crippen molar-refractivity contribution >= 4 is 11.9 Å². The number of esters is 1. The van der Waals surface area contributed by atoms with Crippen LogP contribution in [0.3, 0.4) is 0 Å². The molecule has 0 aromatic heterocycles. The highest BCUT2D eigenvalue weighted by Crippen LogP contribution is 2.33. The second kappa shape index (κ2) is 28.6. The summed E-state index contributed by atoms with van der Waals surface area (Å²) in [5, 5.41) is 54.6. The number of hydrogen-bond donors (Lipinski definition) is 5. The minimum absolute atomic E-state index is 0.0471. The van der Waals surface area contributed by atoms with E-state index in [2.05, 4.69) is 9.83 Å². The Morgan fingerprint density at radius 3 is 1.84 bits per heavy atom. The van der Waals surface area contributed by atoms with Crippen LogP contribution in [0.2, 0.25) is 0 Å². The standard InChI is InChI=1S/C43H68FNO14.2C2H6/c1-40(2,3)56-32(26-46)34(48)35(49)33(38(50)45(10)25-28-15-13-12-14-16-28)43(8,9)55-24-23-42(6,7)57-36(31(47)21-22-41(4,5)53-11)37(59-52)39(51)54-27-29-17-19-30(58-44)20-18-29;2*1-2/h12-20,31-37,46-49,52H,21-27H2,1-11H3;2*1-2H3/t31?,32-,33?,34?,35?,36+,37?;;/m1../s1. The normalized spacial score (nSPS) is 15.5. The first kappa shape index (κ1) is 59.7. The summed E-state index contributed by atoms with van der Waals surface area (Å²) in [6, 6.07) is 14.8. The van der Waals surface area contributed by atoms with Crippen molar-refractivity contribution < 1.29 is 73.3 Å². The maximum atomic E-state index is 14.2. The van der Waals surface area contributed by atoms with Gasteiger partial charge in [-0.1, -0.05) is 70.2 Å². The number of halogens is 1. The maximum Gasteiger partial charge on any atom is 0.341 e. The smallest absolute Gasteiger partial charge is 0.341 e. The van der Waals surface area contributed by atoms with Gasteiger partial charge in [0, 0.05) is 25.2 Å². The molecule has 364 valence electrons. The summed E-state index contributed by atoms with van der Waals surface area (Å²) in [5.41, 5.74) is -2.77. The summed E-state index contributed by atoms with van der Waals surface area (Å²) in [4.78, 5) is 37.3. The van der Waals surface area contributed by atoms with Gasteiger partial charge in [0.25, 0.3) is 0 Å². The topological polar surface area (TPSA) is 203 Å². The molecule has 7 atom stereocenters. The molecular formula is C47H80FNO14. The van der Waals surface area contributed by atoms with Crippen molar-refractivity contribution in [2.24, 2.45) is 5.92 Å². The number of rotatable bonds is 26. The number of aliphatic hydroxyl groups excluding tert-OH is 4. The fourth-order valence-corrected chi connectivity index (χ4v) is 6.41. The Morgan fingerprint density at radius 1 is 0.778 bits per heavy atom. The van der Waals surface area contributed by atoms with E-state index < -0.39 is 83.4 Å². The second-order valence-corrected chi connectivity index (χ2v) is 17.6. The van der Waals surface area contributed by atoms with Crippen molar-refractivity contribution in [2.75, 3.05) is 27.4 Å². The van der Waals surface area contributed by atoms with Crippen LogP contribution in [0.15, 0.2) is 54.6 Å². The van der Waals surface area contributed by atoms with Crippen molar-refractivity contribution in [1.29, 1.82) is 0 Å². The average molecular weight is 902 g/mol. The van der Waals surface area contributed by atoms with Crippen LogP contribution in [0.1, 0.15) is 120 Å². The van der Waals surface area contributed by atoms with E-state index >= 15 is 0 Å². The molecule has 0 saturated carbocycles. The van der Waals surface area contributed by atoms with E-state index in [4.69, 9.17) is 23.7 Å². The molecule has 2 aromatic carbocycles. The van der Waals surface area contributed by atoms with E-state index in [-0.39, 0.29) is 38.3 Å². The van der Waals surface area contributed by atoms with E-state index in [0.717, 1.165) is 5.56 Å². The SMILES string of the molecule is CC.CC.COC(C)(C)CCC(O)[C@H](OC(C)(C)CCOC(C)(C)C(C(=O)N(C)Cc1ccccc1)C(O)C(O)[C@@H](CO)OC(C)(C)C)C(OO)C(=O)OCc1ccc(OF)cc1. The van der Waals surface area contributed by atoms with Crippen molar-refractivity contribution in [3.8, 4) is 5.75 Å². The third-order valence-corrected chi connectivity index (χ3v) is 10.1. The largest absolute Gasteiger partial charge is 0.459 e. The first-order valence-corrected chi connectivity index (χ1v) is 21.7.